The molecule has 8 heteroatoms. The second-order valence-electron chi connectivity index (χ2n) is 15.8. The molecule has 0 saturated heterocycles. The van der Waals surface area contributed by atoms with Crippen molar-refractivity contribution in [1.82, 2.24) is 24.1 Å². The van der Waals surface area contributed by atoms with Crippen molar-refractivity contribution in [1.29, 1.82) is 0 Å². The molecule has 4 heterocycles. The minimum Gasteiger partial charge on any atom is -0.656 e. The van der Waals surface area contributed by atoms with Gasteiger partial charge in [-0.1, -0.05) is 134 Å². The third-order valence-corrected chi connectivity index (χ3v) is 11.8. The van der Waals surface area contributed by atoms with Gasteiger partial charge in [-0.25, -0.2) is 9.97 Å². The first-order chi connectivity index (χ1) is 29.3. The number of pyridine rings is 1. The fourth-order valence-corrected chi connectivity index (χ4v) is 8.88. The summed E-state index contributed by atoms with van der Waals surface area (Å²) in [5.41, 5.74) is 10.5. The maximum absolute atomic E-state index is 16.3. The van der Waals surface area contributed by atoms with Crippen LogP contribution in [-0.2, 0) is 27.0 Å². The summed E-state index contributed by atoms with van der Waals surface area (Å²) in [6, 6.07) is 54.3. The fourth-order valence-electron chi connectivity index (χ4n) is 8.88. The van der Waals surface area contributed by atoms with E-state index in [-0.39, 0.29) is 38.1 Å². The number of hydrogen-bond acceptors (Lipinski definition) is 2. The summed E-state index contributed by atoms with van der Waals surface area (Å²) < 4.78 is 36.9. The predicted octanol–water partition coefficient (Wildman–Crippen LogP) is 13.5. The topological polar surface area (TPSA) is 49.7 Å². The quantitative estimate of drug-likeness (QED) is 0.150. The van der Waals surface area contributed by atoms with Gasteiger partial charge in [0.2, 0.25) is 0 Å². The molecule has 5 nitrogen and oxygen atoms in total. The Bertz CT molecular complexity index is 3460. The van der Waals surface area contributed by atoms with Crippen LogP contribution in [-0.4, -0.2) is 19.1 Å². The standard InChI is InChI=1S/C53H37F2N5.Pt/c1-32(2)34-26-27-56-48(30-34)60-47-29-35(24-25-41(47)44-31-37(28-33(3)51(44)60)53(54,55)36-14-6-4-7-15-36)39-19-13-23-46-50(39)58-52(59(46)38-16-8-5-9-17-38)43-21-12-20-42-40-18-10-11-22-45(40)57-49(42)43;/h4-28,30-32H,1-3H3;/q-2;+2. The van der Waals surface area contributed by atoms with Crippen molar-refractivity contribution < 1.29 is 29.8 Å². The van der Waals surface area contributed by atoms with Crippen LogP contribution in [0.15, 0.2) is 164 Å². The molecule has 298 valence electrons. The third-order valence-electron chi connectivity index (χ3n) is 11.8. The number of aryl methyl sites for hydroxylation is 1. The van der Waals surface area contributed by atoms with Gasteiger partial charge in [-0.15, -0.1) is 34.8 Å². The first kappa shape index (κ1) is 38.5. The van der Waals surface area contributed by atoms with E-state index in [0.29, 0.717) is 11.2 Å². The zero-order valence-electron chi connectivity index (χ0n) is 33.5. The van der Waals surface area contributed by atoms with Crippen molar-refractivity contribution in [3.63, 3.8) is 0 Å². The average Bonchev–Trinajstić information content (AvgIpc) is 3.97. The number of hydrogen-bond donors (Lipinski definition) is 0. The molecule has 11 rings (SSSR count). The molecule has 0 aliphatic rings. The molecule has 61 heavy (non-hydrogen) atoms. The summed E-state index contributed by atoms with van der Waals surface area (Å²) in [5, 5.41) is 3.71. The van der Waals surface area contributed by atoms with E-state index >= 15 is 8.78 Å². The van der Waals surface area contributed by atoms with E-state index in [1.54, 1.807) is 30.3 Å². The smallest absolute Gasteiger partial charge is 0.656 e. The van der Waals surface area contributed by atoms with E-state index < -0.39 is 5.92 Å². The normalized spacial score (nSPS) is 12.0. The van der Waals surface area contributed by atoms with Gasteiger partial charge < -0.3 is 9.55 Å². The molecule has 0 spiro atoms. The summed E-state index contributed by atoms with van der Waals surface area (Å²) in [7, 11) is 0. The summed E-state index contributed by atoms with van der Waals surface area (Å²) in [6.45, 7) is 6.20. The second kappa shape index (κ2) is 14.8. The Labute approximate surface area is 365 Å². The van der Waals surface area contributed by atoms with E-state index in [9.17, 15) is 0 Å². The molecular weight excluding hydrogens is 940 g/mol. The molecule has 11 aromatic rings. The number of fused-ring (bicyclic) bond motifs is 7. The van der Waals surface area contributed by atoms with Crippen molar-refractivity contribution >= 4 is 54.6 Å². The van der Waals surface area contributed by atoms with Crippen molar-refractivity contribution in [2.45, 2.75) is 32.6 Å². The van der Waals surface area contributed by atoms with Gasteiger partial charge in [0.15, 0.2) is 0 Å². The van der Waals surface area contributed by atoms with Gasteiger partial charge in [-0.05, 0) is 82.0 Å². The number of benzene rings is 7. The van der Waals surface area contributed by atoms with Crippen LogP contribution in [0.4, 0.5) is 8.78 Å². The summed E-state index contributed by atoms with van der Waals surface area (Å²) in [5.74, 6) is -1.45. The molecule has 0 fully saturated rings. The minimum atomic E-state index is -3.20. The van der Waals surface area contributed by atoms with Crippen molar-refractivity contribution in [2.24, 2.45) is 0 Å². The maximum atomic E-state index is 16.3. The molecule has 0 radical (unpaired) electrons. The third kappa shape index (κ3) is 6.13. The van der Waals surface area contributed by atoms with Crippen molar-refractivity contribution in [2.75, 3.05) is 0 Å². The molecule has 0 unspecified atom stereocenters. The van der Waals surface area contributed by atoms with Crippen molar-refractivity contribution in [3.05, 3.63) is 192 Å². The van der Waals surface area contributed by atoms with E-state index in [0.717, 1.165) is 88.6 Å². The van der Waals surface area contributed by atoms with E-state index in [4.69, 9.17) is 15.0 Å². The predicted molar refractivity (Wildman–Crippen MR) is 240 cm³/mol. The van der Waals surface area contributed by atoms with Crippen LogP contribution in [0.1, 0.15) is 42.0 Å². The monoisotopic (exact) mass is 976 g/mol. The zero-order valence-corrected chi connectivity index (χ0v) is 35.7. The fraction of sp³-hybridized carbons (Fsp3) is 0.0943. The minimum absolute atomic E-state index is 0. The Morgan fingerprint density at radius 3 is 2.18 bits per heavy atom. The molecule has 0 aliphatic carbocycles. The van der Waals surface area contributed by atoms with Gasteiger partial charge >= 0.3 is 21.1 Å². The van der Waals surface area contributed by atoms with Gasteiger partial charge in [-0.3, -0.25) is 4.57 Å². The summed E-state index contributed by atoms with van der Waals surface area (Å²) in [4.78, 5) is 15.5. The largest absolute Gasteiger partial charge is 2.00 e. The number of halogens is 2. The molecule has 0 atom stereocenters. The Kier molecular flexibility index (Phi) is 9.34. The Morgan fingerprint density at radius 1 is 0.656 bits per heavy atom. The first-order valence-electron chi connectivity index (χ1n) is 20.2. The average molecular weight is 977 g/mol. The van der Waals surface area contributed by atoms with Gasteiger partial charge in [0, 0.05) is 34.1 Å². The number of para-hydroxylation sites is 4. The number of rotatable bonds is 7. The first-order valence-corrected chi connectivity index (χ1v) is 20.2. The molecule has 0 bridgehead atoms. The molecular formula is C53H37F2N5Pt. The van der Waals surface area contributed by atoms with Gasteiger partial charge in [-0.2, -0.15) is 8.78 Å². The van der Waals surface area contributed by atoms with Crippen LogP contribution in [0.2, 0.25) is 0 Å². The van der Waals surface area contributed by atoms with Crippen LogP contribution in [0.3, 0.4) is 0 Å². The van der Waals surface area contributed by atoms with Crippen LogP contribution in [0.25, 0.3) is 88.7 Å². The number of nitrogens with zero attached hydrogens (tertiary/aromatic N) is 5. The molecule has 0 saturated carbocycles. The maximum Gasteiger partial charge on any atom is 2.00 e. The second-order valence-corrected chi connectivity index (χ2v) is 15.8. The van der Waals surface area contributed by atoms with E-state index in [1.807, 2.05) is 67.7 Å². The van der Waals surface area contributed by atoms with Crippen molar-refractivity contribution in [3.8, 4) is 34.0 Å². The molecule has 0 amide bonds. The zero-order chi connectivity index (χ0) is 40.7. The van der Waals surface area contributed by atoms with E-state index in [2.05, 4.69) is 89.7 Å². The molecule has 7 aromatic carbocycles. The van der Waals surface area contributed by atoms with Gasteiger partial charge in [0.25, 0.3) is 5.92 Å². The SMILES string of the molecule is Cc1cc(C(F)(F)c2ccccc2)cc2c3ccc(-c4cccc5c4nc(-c4cccc6c4[n-]c4ccccc46)n5-c4ccccc4)[c-]c3n(-c3cc(C(C)C)ccn3)c12.[Pt+2]. The Balaban J connectivity index is 0.00000445. The van der Waals surface area contributed by atoms with Gasteiger partial charge in [0.05, 0.1) is 11.0 Å². The molecule has 4 aromatic heterocycles. The Hall–Kier alpha value is -6.69. The van der Waals surface area contributed by atoms with Gasteiger partial charge in [0.1, 0.15) is 11.6 Å². The van der Waals surface area contributed by atoms with Crippen LogP contribution in [0, 0.1) is 13.0 Å². The van der Waals surface area contributed by atoms with Crippen LogP contribution < -0.4 is 4.98 Å². The summed E-state index contributed by atoms with van der Waals surface area (Å²) >= 11 is 0. The Morgan fingerprint density at radius 2 is 1.38 bits per heavy atom. The number of aromatic nitrogens is 5. The molecule has 0 aliphatic heterocycles. The number of imidazole rings is 1. The molecule has 0 N–H and O–H groups in total. The van der Waals surface area contributed by atoms with E-state index in [1.165, 1.54) is 12.1 Å². The van der Waals surface area contributed by atoms with Crippen LogP contribution in [0.5, 0.6) is 0 Å². The summed E-state index contributed by atoms with van der Waals surface area (Å²) in [6.07, 6.45) is 1.82. The number of alkyl halides is 2. The van der Waals surface area contributed by atoms with Crippen LogP contribution >= 0.6 is 0 Å².